The lowest BCUT2D eigenvalue weighted by molar-refractivity contribution is -0.135. The topological polar surface area (TPSA) is 76.3 Å². The summed E-state index contributed by atoms with van der Waals surface area (Å²) in [5.41, 5.74) is -0.264. The van der Waals surface area contributed by atoms with Crippen LogP contribution in [0.2, 0.25) is 0 Å². The van der Waals surface area contributed by atoms with Crippen molar-refractivity contribution in [3.8, 4) is 0 Å². The fraction of sp³-hybridized carbons (Fsp3) is 0.353. The van der Waals surface area contributed by atoms with Crippen molar-refractivity contribution in [3.05, 3.63) is 68.7 Å². The average Bonchev–Trinajstić information content (AvgIpc) is 2.62. The van der Waals surface area contributed by atoms with Crippen LogP contribution < -0.4 is 16.6 Å². The van der Waals surface area contributed by atoms with Crippen LogP contribution in [0.25, 0.3) is 0 Å². The van der Waals surface area contributed by atoms with Crippen molar-refractivity contribution in [2.24, 2.45) is 7.05 Å². The normalized spacial score (nSPS) is 16.8. The Morgan fingerprint density at radius 3 is 2.81 bits per heavy atom. The maximum atomic E-state index is 13.5. The molecule has 2 aromatic rings. The summed E-state index contributed by atoms with van der Waals surface area (Å²) in [5, 5.41) is 3.20. The lowest BCUT2D eigenvalue weighted by Crippen LogP contribution is -2.50. The molecule has 1 amide bonds. The first kappa shape index (κ1) is 19.9. The van der Waals surface area contributed by atoms with Crippen LogP contribution in [0.4, 0.5) is 4.39 Å². The van der Waals surface area contributed by atoms with Gasteiger partial charge in [0.25, 0.3) is 5.56 Å². The van der Waals surface area contributed by atoms with E-state index < -0.39 is 11.2 Å². The first-order valence-electron chi connectivity index (χ1n) is 7.99. The van der Waals surface area contributed by atoms with Gasteiger partial charge < -0.3 is 10.2 Å². The van der Waals surface area contributed by atoms with Crippen LogP contribution in [0.3, 0.4) is 0 Å². The molecule has 1 aliphatic heterocycles. The quantitative estimate of drug-likeness (QED) is 0.827. The van der Waals surface area contributed by atoms with Gasteiger partial charge >= 0.3 is 5.69 Å². The van der Waals surface area contributed by atoms with Crippen LogP contribution in [0.1, 0.15) is 11.6 Å². The molecule has 1 fully saturated rings. The van der Waals surface area contributed by atoms with E-state index in [4.69, 9.17) is 0 Å². The molecule has 0 aliphatic carbocycles. The number of halogens is 2. The lowest BCUT2D eigenvalue weighted by atomic mass is 10.0. The van der Waals surface area contributed by atoms with Gasteiger partial charge in [-0.15, -0.1) is 12.4 Å². The summed E-state index contributed by atoms with van der Waals surface area (Å²) in [6, 6.07) is 7.10. The number of hydrogen-bond donors (Lipinski definition) is 1. The molecule has 3 rings (SSSR count). The largest absolute Gasteiger partial charge is 0.332 e. The highest BCUT2D eigenvalue weighted by atomic mass is 35.5. The first-order valence-corrected chi connectivity index (χ1v) is 7.99. The lowest BCUT2D eigenvalue weighted by Gasteiger charge is -2.36. The van der Waals surface area contributed by atoms with Gasteiger partial charge in [0.15, 0.2) is 0 Å². The maximum Gasteiger partial charge on any atom is 0.331 e. The molecule has 2 heterocycles. The zero-order valence-electron chi connectivity index (χ0n) is 14.2. The Bertz CT molecular complexity index is 911. The van der Waals surface area contributed by atoms with Gasteiger partial charge in [-0.1, -0.05) is 12.1 Å². The summed E-state index contributed by atoms with van der Waals surface area (Å²) in [5.74, 6) is -0.610. The molecule has 7 nitrogen and oxygen atoms in total. The van der Waals surface area contributed by atoms with Crippen LogP contribution in [0.5, 0.6) is 0 Å². The van der Waals surface area contributed by atoms with Crippen molar-refractivity contribution < 1.29 is 9.18 Å². The number of carbonyl (C=O) groups is 1. The molecule has 1 aliphatic rings. The van der Waals surface area contributed by atoms with Gasteiger partial charge in [0.2, 0.25) is 5.91 Å². The van der Waals surface area contributed by atoms with Crippen molar-refractivity contribution in [1.29, 1.82) is 0 Å². The van der Waals surface area contributed by atoms with Gasteiger partial charge in [-0.2, -0.15) is 0 Å². The van der Waals surface area contributed by atoms with E-state index in [0.29, 0.717) is 25.2 Å². The molecule has 1 atom stereocenters. The molecule has 1 aromatic carbocycles. The molecule has 1 N–H and O–H groups in total. The molecule has 9 heteroatoms. The number of nitrogens with zero attached hydrogens (tertiary/aromatic N) is 3. The summed E-state index contributed by atoms with van der Waals surface area (Å²) >= 11 is 0. The van der Waals surface area contributed by atoms with Crippen molar-refractivity contribution >= 4 is 18.3 Å². The van der Waals surface area contributed by atoms with Crippen LogP contribution >= 0.6 is 12.4 Å². The fourth-order valence-electron chi connectivity index (χ4n) is 2.99. The van der Waals surface area contributed by atoms with E-state index >= 15 is 0 Å². The van der Waals surface area contributed by atoms with E-state index in [0.717, 1.165) is 4.57 Å². The summed E-state index contributed by atoms with van der Waals surface area (Å²) in [4.78, 5) is 37.9. The minimum Gasteiger partial charge on any atom is -0.332 e. The van der Waals surface area contributed by atoms with E-state index in [-0.39, 0.29) is 36.7 Å². The van der Waals surface area contributed by atoms with Crippen LogP contribution in [0.15, 0.2) is 46.1 Å². The van der Waals surface area contributed by atoms with E-state index in [1.54, 1.807) is 17.0 Å². The van der Waals surface area contributed by atoms with Crippen molar-refractivity contribution in [2.45, 2.75) is 12.6 Å². The second-order valence-corrected chi connectivity index (χ2v) is 5.99. The van der Waals surface area contributed by atoms with E-state index in [9.17, 15) is 18.8 Å². The molecule has 0 spiro atoms. The maximum absolute atomic E-state index is 13.5. The zero-order valence-corrected chi connectivity index (χ0v) is 15.0. The molecule has 0 bridgehead atoms. The predicted octanol–water partition coefficient (Wildman–Crippen LogP) is 0.281. The number of nitrogens with one attached hydrogen (secondary N) is 1. The van der Waals surface area contributed by atoms with Gasteiger partial charge in [-0.25, -0.2) is 9.18 Å². The Morgan fingerprint density at radius 2 is 2.08 bits per heavy atom. The third-order valence-corrected chi connectivity index (χ3v) is 4.36. The molecular weight excluding hydrogens is 363 g/mol. The van der Waals surface area contributed by atoms with Gasteiger partial charge in [0.05, 0.1) is 6.04 Å². The molecule has 1 saturated heterocycles. The van der Waals surface area contributed by atoms with E-state index in [2.05, 4.69) is 5.32 Å². The second-order valence-electron chi connectivity index (χ2n) is 5.99. The third kappa shape index (κ3) is 4.03. The van der Waals surface area contributed by atoms with Crippen molar-refractivity contribution in [2.75, 3.05) is 19.6 Å². The minimum absolute atomic E-state index is 0. The zero-order chi connectivity index (χ0) is 18.0. The van der Waals surface area contributed by atoms with Crippen molar-refractivity contribution in [1.82, 2.24) is 19.4 Å². The molecule has 0 radical (unpaired) electrons. The van der Waals surface area contributed by atoms with E-state index in [1.165, 1.54) is 36.0 Å². The third-order valence-electron chi connectivity index (χ3n) is 4.36. The first-order chi connectivity index (χ1) is 12.0. The Morgan fingerprint density at radius 1 is 1.31 bits per heavy atom. The summed E-state index contributed by atoms with van der Waals surface area (Å²) in [6.07, 6.45) is 1.32. The highest BCUT2D eigenvalue weighted by Crippen LogP contribution is 2.23. The average molecular weight is 383 g/mol. The van der Waals surface area contributed by atoms with Crippen LogP contribution in [-0.4, -0.2) is 39.6 Å². The Kier molecular flexibility index (Phi) is 6.33. The highest BCUT2D eigenvalue weighted by Gasteiger charge is 2.28. The number of carbonyl (C=O) groups excluding carboxylic acids is 1. The Hall–Kier alpha value is -2.45. The van der Waals surface area contributed by atoms with Gasteiger partial charge in [-0.05, 0) is 17.7 Å². The molecule has 0 saturated carbocycles. The predicted molar refractivity (Wildman–Crippen MR) is 96.9 cm³/mol. The molecule has 140 valence electrons. The van der Waals surface area contributed by atoms with Gasteiger partial charge in [0.1, 0.15) is 12.4 Å². The second kappa shape index (κ2) is 8.29. The summed E-state index contributed by atoms with van der Waals surface area (Å²) < 4.78 is 15.7. The van der Waals surface area contributed by atoms with Crippen LogP contribution in [-0.2, 0) is 18.4 Å². The summed E-state index contributed by atoms with van der Waals surface area (Å²) in [7, 11) is 1.37. The van der Waals surface area contributed by atoms with E-state index in [1.807, 2.05) is 0 Å². The van der Waals surface area contributed by atoms with Gasteiger partial charge in [-0.3, -0.25) is 18.7 Å². The standard InChI is InChI=1S/C17H19FN4O3.ClH/c1-20-15(23)5-7-21(17(20)25)11-16(24)22-8-6-19-10-14(22)12-3-2-4-13(18)9-12;/h2-5,7,9,14,19H,6,8,10-11H2,1H3;1H. The molecular formula is C17H20ClFN4O3. The molecule has 1 unspecified atom stereocenters. The van der Waals surface area contributed by atoms with Crippen LogP contribution in [0, 0.1) is 5.82 Å². The number of benzene rings is 1. The van der Waals surface area contributed by atoms with Gasteiger partial charge in [0, 0.05) is 38.9 Å². The fourth-order valence-corrected chi connectivity index (χ4v) is 2.99. The molecule has 26 heavy (non-hydrogen) atoms. The minimum atomic E-state index is -0.543. The number of amides is 1. The monoisotopic (exact) mass is 382 g/mol. The SMILES string of the molecule is Cl.Cn1c(=O)ccn(CC(=O)N2CCNCC2c2cccc(F)c2)c1=O. The summed E-state index contributed by atoms with van der Waals surface area (Å²) in [6.45, 7) is 1.43. The van der Waals surface area contributed by atoms with Crippen molar-refractivity contribution in [3.63, 3.8) is 0 Å². The highest BCUT2D eigenvalue weighted by molar-refractivity contribution is 5.85. The Balaban J connectivity index is 0.00000243. The molecule has 1 aromatic heterocycles. The number of piperazine rings is 1. The Labute approximate surface area is 155 Å². The smallest absolute Gasteiger partial charge is 0.331 e. The number of aromatic nitrogens is 2. The number of rotatable bonds is 3. The number of hydrogen-bond acceptors (Lipinski definition) is 4.